The molecule has 0 unspecified atom stereocenters. The first-order valence-electron chi connectivity index (χ1n) is 10.0. The van der Waals surface area contributed by atoms with E-state index >= 15 is 0 Å². The highest BCUT2D eigenvalue weighted by Crippen LogP contribution is 2.46. The Hall–Kier alpha value is -2.00. The van der Waals surface area contributed by atoms with Gasteiger partial charge < -0.3 is 9.64 Å². The van der Waals surface area contributed by atoms with Crippen LogP contribution in [0.15, 0.2) is 54.6 Å². The van der Waals surface area contributed by atoms with Crippen molar-refractivity contribution < 1.29 is 4.74 Å². The summed E-state index contributed by atoms with van der Waals surface area (Å²) in [7, 11) is 1.81. The van der Waals surface area contributed by atoms with Crippen molar-refractivity contribution in [1.29, 1.82) is 0 Å². The van der Waals surface area contributed by atoms with E-state index in [1.165, 1.54) is 43.4 Å². The second-order valence-electron chi connectivity index (χ2n) is 7.60. The van der Waals surface area contributed by atoms with Crippen LogP contribution in [0.3, 0.4) is 0 Å². The predicted octanol–water partition coefficient (Wildman–Crippen LogP) is 4.68. The Balaban J connectivity index is 1.58. The zero-order valence-corrected chi connectivity index (χ0v) is 15.9. The van der Waals surface area contributed by atoms with Gasteiger partial charge in [0, 0.05) is 43.0 Å². The van der Waals surface area contributed by atoms with Gasteiger partial charge in [0.2, 0.25) is 0 Å². The molecule has 2 aliphatic rings. The molecule has 1 heterocycles. The standard InChI is InChI=1S/C23H30N2O/c1-26-22-13-7-6-12-21(22)23(14-8-3-9-15-23)25-18-16-24(17-19-25)20-10-4-2-5-11-20/h2,4-7,10-13H,3,8-9,14-19H2,1H3. The van der Waals surface area contributed by atoms with Crippen LogP contribution in [0.2, 0.25) is 0 Å². The van der Waals surface area contributed by atoms with Gasteiger partial charge in [-0.2, -0.15) is 0 Å². The fourth-order valence-electron chi connectivity index (χ4n) is 4.95. The van der Waals surface area contributed by atoms with Gasteiger partial charge in [-0.05, 0) is 31.0 Å². The van der Waals surface area contributed by atoms with Crippen LogP contribution in [-0.2, 0) is 5.54 Å². The van der Waals surface area contributed by atoms with Gasteiger partial charge >= 0.3 is 0 Å². The highest BCUT2D eigenvalue weighted by atomic mass is 16.5. The third-order valence-electron chi connectivity index (χ3n) is 6.30. The second kappa shape index (κ2) is 7.71. The van der Waals surface area contributed by atoms with Gasteiger partial charge in [0.05, 0.1) is 7.11 Å². The van der Waals surface area contributed by atoms with Crippen molar-refractivity contribution in [3.05, 3.63) is 60.2 Å². The minimum atomic E-state index is 0.146. The summed E-state index contributed by atoms with van der Waals surface area (Å²) in [6.45, 7) is 4.43. The monoisotopic (exact) mass is 350 g/mol. The fourth-order valence-corrected chi connectivity index (χ4v) is 4.95. The molecule has 4 rings (SSSR count). The maximum Gasteiger partial charge on any atom is 0.123 e. The Morgan fingerprint density at radius 2 is 1.42 bits per heavy atom. The summed E-state index contributed by atoms with van der Waals surface area (Å²) in [5.74, 6) is 1.06. The molecule has 1 aliphatic carbocycles. The van der Waals surface area contributed by atoms with Crippen LogP contribution in [-0.4, -0.2) is 38.2 Å². The SMILES string of the molecule is COc1ccccc1C1(N2CCN(c3ccccc3)CC2)CCCCC1. The third kappa shape index (κ3) is 3.21. The van der Waals surface area contributed by atoms with Gasteiger partial charge in [-0.15, -0.1) is 0 Å². The van der Waals surface area contributed by atoms with Crippen molar-refractivity contribution >= 4 is 5.69 Å². The van der Waals surface area contributed by atoms with E-state index in [9.17, 15) is 0 Å². The minimum Gasteiger partial charge on any atom is -0.496 e. The molecule has 3 nitrogen and oxygen atoms in total. The van der Waals surface area contributed by atoms with Gasteiger partial charge in [0.25, 0.3) is 0 Å². The molecule has 0 N–H and O–H groups in total. The predicted molar refractivity (Wildman–Crippen MR) is 108 cm³/mol. The van der Waals surface area contributed by atoms with Gasteiger partial charge in [0.1, 0.15) is 5.75 Å². The molecule has 0 aromatic heterocycles. The molecule has 0 amide bonds. The third-order valence-corrected chi connectivity index (χ3v) is 6.30. The van der Waals surface area contributed by atoms with Crippen molar-refractivity contribution in [2.75, 3.05) is 38.2 Å². The van der Waals surface area contributed by atoms with E-state index in [0.717, 1.165) is 31.9 Å². The Labute approximate surface area is 157 Å². The highest BCUT2D eigenvalue weighted by molar-refractivity contribution is 5.47. The highest BCUT2D eigenvalue weighted by Gasteiger charge is 2.42. The lowest BCUT2D eigenvalue weighted by atomic mass is 9.74. The molecule has 26 heavy (non-hydrogen) atoms. The van der Waals surface area contributed by atoms with Crippen molar-refractivity contribution in [2.24, 2.45) is 0 Å². The smallest absolute Gasteiger partial charge is 0.123 e. The number of methoxy groups -OCH3 is 1. The first-order chi connectivity index (χ1) is 12.8. The number of nitrogens with zero attached hydrogens (tertiary/aromatic N) is 2. The fraction of sp³-hybridized carbons (Fsp3) is 0.478. The maximum absolute atomic E-state index is 5.77. The zero-order chi connectivity index (χ0) is 17.8. The second-order valence-corrected chi connectivity index (χ2v) is 7.60. The zero-order valence-electron chi connectivity index (χ0n) is 15.9. The van der Waals surface area contributed by atoms with Crippen LogP contribution >= 0.6 is 0 Å². The minimum absolute atomic E-state index is 0.146. The van der Waals surface area contributed by atoms with Crippen LogP contribution in [0.25, 0.3) is 0 Å². The van der Waals surface area contributed by atoms with Crippen LogP contribution < -0.4 is 9.64 Å². The molecule has 0 spiro atoms. The van der Waals surface area contributed by atoms with Crippen molar-refractivity contribution in [3.63, 3.8) is 0 Å². The van der Waals surface area contributed by atoms with E-state index in [-0.39, 0.29) is 5.54 Å². The number of ether oxygens (including phenoxy) is 1. The van der Waals surface area contributed by atoms with Crippen LogP contribution in [0.1, 0.15) is 37.7 Å². The van der Waals surface area contributed by atoms with E-state index in [2.05, 4.69) is 64.4 Å². The molecule has 2 aromatic rings. The molecule has 0 bridgehead atoms. The number of para-hydroxylation sites is 2. The first-order valence-corrected chi connectivity index (χ1v) is 10.0. The lowest BCUT2D eigenvalue weighted by molar-refractivity contribution is 0.0396. The van der Waals surface area contributed by atoms with Gasteiger partial charge in [-0.1, -0.05) is 55.7 Å². The first kappa shape index (κ1) is 17.4. The Kier molecular flexibility index (Phi) is 5.16. The maximum atomic E-state index is 5.77. The topological polar surface area (TPSA) is 15.7 Å². The molecule has 3 heteroatoms. The number of rotatable bonds is 4. The lowest BCUT2D eigenvalue weighted by Crippen LogP contribution is -2.56. The number of anilines is 1. The summed E-state index contributed by atoms with van der Waals surface area (Å²) < 4.78 is 5.77. The molecule has 0 atom stereocenters. The van der Waals surface area contributed by atoms with E-state index in [1.807, 2.05) is 7.11 Å². The number of piperazine rings is 1. The number of hydrogen-bond acceptors (Lipinski definition) is 3. The van der Waals surface area contributed by atoms with Crippen molar-refractivity contribution in [2.45, 2.75) is 37.6 Å². The van der Waals surface area contributed by atoms with Crippen LogP contribution in [0.4, 0.5) is 5.69 Å². The van der Waals surface area contributed by atoms with Crippen LogP contribution in [0.5, 0.6) is 5.75 Å². The Bertz CT molecular complexity index is 701. The Morgan fingerprint density at radius 3 is 2.12 bits per heavy atom. The lowest BCUT2D eigenvalue weighted by Gasteiger charge is -2.50. The molecular formula is C23H30N2O. The molecule has 1 saturated heterocycles. The van der Waals surface area contributed by atoms with E-state index < -0.39 is 0 Å². The summed E-state index contributed by atoms with van der Waals surface area (Å²) in [5, 5.41) is 0. The van der Waals surface area contributed by atoms with E-state index in [0.29, 0.717) is 0 Å². The normalized spacial score (nSPS) is 20.7. The molecule has 2 fully saturated rings. The largest absolute Gasteiger partial charge is 0.496 e. The average Bonchev–Trinajstić information content (AvgIpc) is 2.75. The Morgan fingerprint density at radius 1 is 0.769 bits per heavy atom. The summed E-state index contributed by atoms with van der Waals surface area (Å²) in [6.07, 6.45) is 6.49. The molecule has 1 aliphatic heterocycles. The summed E-state index contributed by atoms with van der Waals surface area (Å²) >= 11 is 0. The molecule has 2 aromatic carbocycles. The quantitative estimate of drug-likeness (QED) is 0.796. The molecule has 0 radical (unpaired) electrons. The van der Waals surface area contributed by atoms with Gasteiger partial charge in [-0.25, -0.2) is 0 Å². The van der Waals surface area contributed by atoms with Gasteiger partial charge in [0.15, 0.2) is 0 Å². The van der Waals surface area contributed by atoms with Gasteiger partial charge in [-0.3, -0.25) is 4.90 Å². The van der Waals surface area contributed by atoms with E-state index in [4.69, 9.17) is 4.74 Å². The van der Waals surface area contributed by atoms with Crippen molar-refractivity contribution in [1.82, 2.24) is 4.90 Å². The average molecular weight is 351 g/mol. The molecule has 138 valence electrons. The molecular weight excluding hydrogens is 320 g/mol. The summed E-state index contributed by atoms with van der Waals surface area (Å²) in [4.78, 5) is 5.28. The summed E-state index contributed by atoms with van der Waals surface area (Å²) in [5.41, 5.74) is 2.89. The van der Waals surface area contributed by atoms with Crippen molar-refractivity contribution in [3.8, 4) is 5.75 Å². The van der Waals surface area contributed by atoms with Crippen LogP contribution in [0, 0.1) is 0 Å². The number of hydrogen-bond donors (Lipinski definition) is 0. The van der Waals surface area contributed by atoms with E-state index in [1.54, 1.807) is 0 Å². The molecule has 1 saturated carbocycles. The summed E-state index contributed by atoms with van der Waals surface area (Å²) in [6, 6.07) is 19.5. The number of benzene rings is 2.